The van der Waals surface area contributed by atoms with Gasteiger partial charge in [0.2, 0.25) is 5.91 Å². The highest BCUT2D eigenvalue weighted by molar-refractivity contribution is 5.76. The maximum atomic E-state index is 11.7. The molecule has 0 fully saturated rings. The Morgan fingerprint density at radius 1 is 1.61 bits per heavy atom. The van der Waals surface area contributed by atoms with Crippen LogP contribution in [0.25, 0.3) is 0 Å². The summed E-state index contributed by atoms with van der Waals surface area (Å²) in [5, 5.41) is 2.86. The van der Waals surface area contributed by atoms with E-state index in [9.17, 15) is 4.79 Å². The fourth-order valence-electron chi connectivity index (χ4n) is 1.62. The average molecular weight is 251 g/mol. The Kier molecular flexibility index (Phi) is 6.32. The van der Waals surface area contributed by atoms with Gasteiger partial charge in [0.05, 0.1) is 12.5 Å². The Labute approximate surface area is 108 Å². The summed E-state index contributed by atoms with van der Waals surface area (Å²) in [6.45, 7) is 5.29. The molecule has 1 amide bonds. The topological polar surface area (TPSA) is 77.2 Å². The predicted molar refractivity (Wildman–Crippen MR) is 69.9 cm³/mol. The van der Waals surface area contributed by atoms with Crippen molar-refractivity contribution in [2.75, 3.05) is 13.2 Å². The lowest BCUT2D eigenvalue weighted by Gasteiger charge is -2.14. The molecule has 0 spiro atoms. The summed E-state index contributed by atoms with van der Waals surface area (Å²) in [6, 6.07) is 1.90. The lowest BCUT2D eigenvalue weighted by molar-refractivity contribution is -0.123. The number of carbonyl (C=O) groups is 1. The summed E-state index contributed by atoms with van der Waals surface area (Å²) >= 11 is 0. The second-order valence-corrected chi connectivity index (χ2v) is 4.10. The normalized spacial score (nSPS) is 12.2. The minimum absolute atomic E-state index is 0.0462. The van der Waals surface area contributed by atoms with E-state index in [2.05, 4.69) is 10.3 Å². The maximum absolute atomic E-state index is 11.7. The second-order valence-electron chi connectivity index (χ2n) is 4.10. The molecule has 0 saturated carbocycles. The fraction of sp³-hybridized carbons (Fsp3) is 0.538. The van der Waals surface area contributed by atoms with E-state index < -0.39 is 0 Å². The van der Waals surface area contributed by atoms with Crippen LogP contribution in [0.1, 0.15) is 24.5 Å². The van der Waals surface area contributed by atoms with E-state index in [1.165, 1.54) is 0 Å². The zero-order valence-corrected chi connectivity index (χ0v) is 11.0. The van der Waals surface area contributed by atoms with E-state index in [1.54, 1.807) is 12.4 Å². The van der Waals surface area contributed by atoms with Gasteiger partial charge in [-0.3, -0.25) is 9.78 Å². The van der Waals surface area contributed by atoms with Gasteiger partial charge in [0.1, 0.15) is 0 Å². The van der Waals surface area contributed by atoms with Crippen LogP contribution >= 0.6 is 0 Å². The number of ether oxygens (including phenoxy) is 1. The van der Waals surface area contributed by atoms with Crippen molar-refractivity contribution in [2.45, 2.75) is 32.9 Å². The molecule has 0 aliphatic heterocycles. The lowest BCUT2D eigenvalue weighted by Crippen LogP contribution is -2.32. The number of nitrogens with zero attached hydrogens (tertiary/aromatic N) is 1. The van der Waals surface area contributed by atoms with Crippen molar-refractivity contribution in [2.24, 2.45) is 5.73 Å². The van der Waals surface area contributed by atoms with E-state index in [4.69, 9.17) is 10.5 Å². The van der Waals surface area contributed by atoms with Gasteiger partial charge in [-0.15, -0.1) is 0 Å². The Bertz CT molecular complexity index is 382. The third-order valence-corrected chi connectivity index (χ3v) is 2.69. The van der Waals surface area contributed by atoms with Gasteiger partial charge in [0, 0.05) is 32.1 Å². The first-order chi connectivity index (χ1) is 8.67. The van der Waals surface area contributed by atoms with Crippen LogP contribution in [0.2, 0.25) is 0 Å². The zero-order chi connectivity index (χ0) is 13.4. The molecular formula is C13H21N3O2. The van der Waals surface area contributed by atoms with Crippen LogP contribution < -0.4 is 11.1 Å². The van der Waals surface area contributed by atoms with Crippen LogP contribution in [-0.2, 0) is 16.1 Å². The molecule has 1 rings (SSSR count). The van der Waals surface area contributed by atoms with Crippen LogP contribution in [-0.4, -0.2) is 30.1 Å². The molecule has 0 bridgehead atoms. The first-order valence-corrected chi connectivity index (χ1v) is 6.15. The fourth-order valence-corrected chi connectivity index (χ4v) is 1.62. The minimum atomic E-state index is -0.200. The van der Waals surface area contributed by atoms with Crippen molar-refractivity contribution in [3.05, 3.63) is 29.6 Å². The molecule has 1 heterocycles. The van der Waals surface area contributed by atoms with E-state index in [1.807, 2.05) is 19.9 Å². The molecular weight excluding hydrogens is 230 g/mol. The first kappa shape index (κ1) is 14.6. The number of pyridine rings is 1. The molecule has 18 heavy (non-hydrogen) atoms. The predicted octanol–water partition coefficient (Wildman–Crippen LogP) is 0.760. The van der Waals surface area contributed by atoms with Crippen LogP contribution in [0.3, 0.4) is 0 Å². The molecule has 1 aromatic rings. The molecule has 100 valence electrons. The van der Waals surface area contributed by atoms with E-state index in [0.717, 1.165) is 11.1 Å². The smallest absolute Gasteiger partial charge is 0.222 e. The number of aromatic nitrogens is 1. The van der Waals surface area contributed by atoms with Gasteiger partial charge in [-0.1, -0.05) is 0 Å². The van der Waals surface area contributed by atoms with E-state index >= 15 is 0 Å². The van der Waals surface area contributed by atoms with Crippen molar-refractivity contribution in [3.8, 4) is 0 Å². The van der Waals surface area contributed by atoms with Gasteiger partial charge >= 0.3 is 0 Å². The number of amides is 1. The first-order valence-electron chi connectivity index (χ1n) is 6.15. The molecule has 0 aromatic carbocycles. The Hall–Kier alpha value is -1.46. The lowest BCUT2D eigenvalue weighted by atomic mass is 10.1. The summed E-state index contributed by atoms with van der Waals surface area (Å²) < 4.78 is 5.34. The third kappa shape index (κ3) is 4.81. The molecule has 1 aromatic heterocycles. The SMILES string of the molecule is CCOC(CN)CC(=O)NCc1ccncc1C. The van der Waals surface area contributed by atoms with E-state index in [-0.39, 0.29) is 12.0 Å². The third-order valence-electron chi connectivity index (χ3n) is 2.69. The Morgan fingerprint density at radius 3 is 3.00 bits per heavy atom. The van der Waals surface area contributed by atoms with Crippen molar-refractivity contribution >= 4 is 5.91 Å². The average Bonchev–Trinajstić information content (AvgIpc) is 2.37. The molecule has 3 N–H and O–H groups in total. The minimum Gasteiger partial charge on any atom is -0.377 e. The summed E-state index contributed by atoms with van der Waals surface area (Å²) in [5.74, 6) is -0.0462. The Balaban J connectivity index is 2.39. The van der Waals surface area contributed by atoms with Gasteiger partial charge in [0.15, 0.2) is 0 Å². The monoisotopic (exact) mass is 251 g/mol. The van der Waals surface area contributed by atoms with Crippen molar-refractivity contribution < 1.29 is 9.53 Å². The number of hydrogen-bond acceptors (Lipinski definition) is 4. The number of nitrogens with one attached hydrogen (secondary N) is 1. The molecule has 1 atom stereocenters. The summed E-state index contributed by atoms with van der Waals surface area (Å²) in [7, 11) is 0. The maximum Gasteiger partial charge on any atom is 0.222 e. The summed E-state index contributed by atoms with van der Waals surface area (Å²) in [6.07, 6.45) is 3.60. The number of carbonyl (C=O) groups excluding carboxylic acids is 1. The van der Waals surface area contributed by atoms with Gasteiger partial charge in [-0.05, 0) is 31.0 Å². The molecule has 0 aliphatic carbocycles. The van der Waals surface area contributed by atoms with Crippen LogP contribution in [0.4, 0.5) is 0 Å². The van der Waals surface area contributed by atoms with Crippen molar-refractivity contribution in [1.82, 2.24) is 10.3 Å². The molecule has 1 unspecified atom stereocenters. The molecule has 5 heteroatoms. The van der Waals surface area contributed by atoms with E-state index in [0.29, 0.717) is 26.1 Å². The zero-order valence-electron chi connectivity index (χ0n) is 11.0. The number of rotatable bonds is 7. The summed E-state index contributed by atoms with van der Waals surface area (Å²) in [4.78, 5) is 15.7. The highest BCUT2D eigenvalue weighted by Crippen LogP contribution is 2.04. The molecule has 5 nitrogen and oxygen atoms in total. The van der Waals surface area contributed by atoms with Crippen molar-refractivity contribution in [1.29, 1.82) is 0 Å². The Morgan fingerprint density at radius 2 is 2.39 bits per heavy atom. The largest absolute Gasteiger partial charge is 0.377 e. The van der Waals surface area contributed by atoms with Crippen LogP contribution in [0.15, 0.2) is 18.5 Å². The molecule has 0 radical (unpaired) electrons. The summed E-state index contributed by atoms with van der Waals surface area (Å²) in [5.41, 5.74) is 7.66. The standard InChI is InChI=1S/C13H21N3O2/c1-3-18-12(7-14)6-13(17)16-9-11-4-5-15-8-10(11)2/h4-5,8,12H,3,6-7,9,14H2,1-2H3,(H,16,17). The number of nitrogens with two attached hydrogens (primary N) is 1. The van der Waals surface area contributed by atoms with Gasteiger partial charge < -0.3 is 15.8 Å². The quantitative estimate of drug-likeness (QED) is 0.750. The van der Waals surface area contributed by atoms with Crippen LogP contribution in [0.5, 0.6) is 0 Å². The molecule has 0 aliphatic rings. The highest BCUT2D eigenvalue weighted by Gasteiger charge is 2.12. The van der Waals surface area contributed by atoms with Gasteiger partial charge in [-0.25, -0.2) is 0 Å². The second kappa shape index (κ2) is 7.79. The highest BCUT2D eigenvalue weighted by atomic mass is 16.5. The van der Waals surface area contributed by atoms with Crippen molar-refractivity contribution in [3.63, 3.8) is 0 Å². The number of aryl methyl sites for hydroxylation is 1. The molecule has 0 saturated heterocycles. The number of hydrogen-bond donors (Lipinski definition) is 2. The van der Waals surface area contributed by atoms with Gasteiger partial charge in [0.25, 0.3) is 0 Å². The van der Waals surface area contributed by atoms with Gasteiger partial charge in [-0.2, -0.15) is 0 Å². The van der Waals surface area contributed by atoms with Crippen LogP contribution in [0, 0.1) is 6.92 Å².